The first kappa shape index (κ1) is 33.4. The van der Waals surface area contributed by atoms with Crippen LogP contribution < -0.4 is 24.4 Å². The third-order valence-electron chi connectivity index (χ3n) is 6.62. The Morgan fingerprint density at radius 3 is 2.20 bits per heavy atom. The maximum atomic E-state index is 13.5. The van der Waals surface area contributed by atoms with Crippen molar-refractivity contribution >= 4 is 87.6 Å². The number of amides is 4. The quantitative estimate of drug-likeness (QED) is 0.130. The second-order valence-corrected chi connectivity index (χ2v) is 11.8. The van der Waals surface area contributed by atoms with Crippen molar-refractivity contribution in [2.24, 2.45) is 0 Å². The Bertz CT molecular complexity index is 1860. The van der Waals surface area contributed by atoms with E-state index in [1.807, 2.05) is 0 Å². The molecule has 0 aliphatic carbocycles. The minimum atomic E-state index is -0.896. The Labute approximate surface area is 289 Å². The number of halogens is 5. The Morgan fingerprint density at radius 1 is 0.739 bits per heavy atom. The second-order valence-electron chi connectivity index (χ2n) is 9.78. The van der Waals surface area contributed by atoms with E-state index in [0.717, 1.165) is 16.0 Å². The molecule has 236 valence electrons. The maximum absolute atomic E-state index is 13.5. The molecule has 8 nitrogen and oxygen atoms in total. The molecule has 1 aliphatic heterocycles. The minimum absolute atomic E-state index is 0.119. The van der Waals surface area contributed by atoms with Gasteiger partial charge in [-0.3, -0.25) is 14.9 Å². The van der Waals surface area contributed by atoms with Crippen molar-refractivity contribution in [3.05, 3.63) is 120 Å². The van der Waals surface area contributed by atoms with Crippen molar-refractivity contribution in [2.75, 3.05) is 11.5 Å². The predicted octanol–water partition coefficient (Wildman–Crippen LogP) is 9.18. The first-order chi connectivity index (χ1) is 22.0. The summed E-state index contributed by atoms with van der Waals surface area (Å²) in [5.41, 5.74) is 1.77. The van der Waals surface area contributed by atoms with Crippen LogP contribution in [0.4, 0.5) is 10.5 Å². The summed E-state index contributed by atoms with van der Waals surface area (Å²) >= 11 is 30.8. The van der Waals surface area contributed by atoms with Crippen LogP contribution in [0, 0.1) is 0 Å². The van der Waals surface area contributed by atoms with Gasteiger partial charge in [-0.15, -0.1) is 0 Å². The first-order valence-corrected chi connectivity index (χ1v) is 15.5. The average Bonchev–Trinajstić information content (AvgIpc) is 3.01. The summed E-state index contributed by atoms with van der Waals surface area (Å²) in [5, 5.41) is 4.15. The molecule has 1 heterocycles. The highest BCUT2D eigenvalue weighted by Crippen LogP contribution is 2.38. The minimum Gasteiger partial charge on any atom is -0.490 e. The topological polar surface area (TPSA) is 94.2 Å². The van der Waals surface area contributed by atoms with Crippen molar-refractivity contribution in [3.63, 3.8) is 0 Å². The van der Waals surface area contributed by atoms with Crippen LogP contribution in [0.15, 0.2) is 78.4 Å². The number of benzene rings is 4. The lowest BCUT2D eigenvalue weighted by molar-refractivity contribution is -0.122. The summed E-state index contributed by atoms with van der Waals surface area (Å²) in [4.78, 5) is 39.9. The molecule has 0 spiro atoms. The Kier molecular flexibility index (Phi) is 10.7. The molecule has 13 heteroatoms. The summed E-state index contributed by atoms with van der Waals surface area (Å²) in [6.45, 7) is 2.36. The van der Waals surface area contributed by atoms with Gasteiger partial charge in [0.15, 0.2) is 11.5 Å². The molecule has 5 rings (SSSR count). The van der Waals surface area contributed by atoms with Gasteiger partial charge >= 0.3 is 6.03 Å². The molecule has 1 aliphatic rings. The van der Waals surface area contributed by atoms with E-state index in [9.17, 15) is 14.4 Å². The lowest BCUT2D eigenvalue weighted by atomic mass is 10.1. The molecule has 0 radical (unpaired) electrons. The second kappa shape index (κ2) is 14.7. The number of carbonyl (C=O) groups excluding carboxylic acids is 3. The summed E-state index contributed by atoms with van der Waals surface area (Å²) in [6, 6.07) is 18.6. The molecule has 1 N–H and O–H groups in total. The van der Waals surface area contributed by atoms with E-state index in [2.05, 4.69) is 5.32 Å². The van der Waals surface area contributed by atoms with E-state index >= 15 is 0 Å². The van der Waals surface area contributed by atoms with Gasteiger partial charge in [0.1, 0.15) is 24.5 Å². The van der Waals surface area contributed by atoms with Gasteiger partial charge in [-0.1, -0.05) is 70.1 Å². The van der Waals surface area contributed by atoms with Crippen molar-refractivity contribution in [3.8, 4) is 17.2 Å². The fourth-order valence-corrected chi connectivity index (χ4v) is 5.47. The number of imide groups is 2. The van der Waals surface area contributed by atoms with Crippen LogP contribution in [-0.4, -0.2) is 24.5 Å². The lowest BCUT2D eigenvalue weighted by Crippen LogP contribution is -2.54. The zero-order valence-corrected chi connectivity index (χ0v) is 27.7. The van der Waals surface area contributed by atoms with Crippen LogP contribution in [-0.2, 0) is 22.8 Å². The molecular formula is C33H23Cl5N2O6. The molecule has 0 saturated carbocycles. The highest BCUT2D eigenvalue weighted by molar-refractivity contribution is 6.42. The number of hydrogen-bond donors (Lipinski definition) is 1. The molecule has 0 atom stereocenters. The number of nitrogens with zero attached hydrogens (tertiary/aromatic N) is 1. The zero-order chi connectivity index (χ0) is 33.0. The van der Waals surface area contributed by atoms with Gasteiger partial charge in [0.2, 0.25) is 0 Å². The van der Waals surface area contributed by atoms with E-state index in [1.165, 1.54) is 24.3 Å². The van der Waals surface area contributed by atoms with Crippen LogP contribution in [0.25, 0.3) is 6.08 Å². The maximum Gasteiger partial charge on any atom is 0.335 e. The third-order valence-corrected chi connectivity index (χ3v) is 8.22. The Balaban J connectivity index is 1.35. The van der Waals surface area contributed by atoms with Crippen LogP contribution in [0.5, 0.6) is 17.2 Å². The average molecular weight is 721 g/mol. The summed E-state index contributed by atoms with van der Waals surface area (Å²) in [7, 11) is 0. The molecule has 0 unspecified atom stereocenters. The molecule has 0 bridgehead atoms. The Morgan fingerprint density at radius 2 is 1.50 bits per heavy atom. The van der Waals surface area contributed by atoms with Crippen LogP contribution in [0.3, 0.4) is 0 Å². The third kappa shape index (κ3) is 7.71. The first-order valence-electron chi connectivity index (χ1n) is 13.7. The number of rotatable bonds is 10. The number of nitrogens with one attached hydrogen (secondary N) is 1. The summed E-state index contributed by atoms with van der Waals surface area (Å²) in [6.07, 6.45) is 1.32. The van der Waals surface area contributed by atoms with Crippen LogP contribution in [0.2, 0.25) is 25.1 Å². The normalized spacial score (nSPS) is 14.0. The number of hydrogen-bond acceptors (Lipinski definition) is 6. The van der Waals surface area contributed by atoms with Gasteiger partial charge in [0.05, 0.1) is 27.4 Å². The zero-order valence-electron chi connectivity index (χ0n) is 23.9. The van der Waals surface area contributed by atoms with Gasteiger partial charge in [-0.05, 0) is 84.8 Å². The SMILES string of the molecule is CCOc1cc(/C=C2\C(=O)NC(=O)N(c3ccc(OCc4ccc(Cl)cc4Cl)cc3)C2=O)cc(Cl)c1OCc1ccc(Cl)c(Cl)c1. The number of anilines is 1. The largest absolute Gasteiger partial charge is 0.490 e. The molecular weight excluding hydrogens is 698 g/mol. The van der Waals surface area contributed by atoms with Gasteiger partial charge in [-0.2, -0.15) is 0 Å². The monoisotopic (exact) mass is 718 g/mol. The molecule has 4 amide bonds. The van der Waals surface area contributed by atoms with Crippen LogP contribution >= 0.6 is 58.0 Å². The number of ether oxygens (including phenoxy) is 3. The van der Waals surface area contributed by atoms with Crippen molar-refractivity contribution in [1.29, 1.82) is 0 Å². The molecule has 46 heavy (non-hydrogen) atoms. The van der Waals surface area contributed by atoms with Crippen LogP contribution in [0.1, 0.15) is 23.6 Å². The smallest absolute Gasteiger partial charge is 0.335 e. The van der Waals surface area contributed by atoms with E-state index in [0.29, 0.717) is 31.4 Å². The van der Waals surface area contributed by atoms with Gasteiger partial charge in [-0.25, -0.2) is 9.69 Å². The highest BCUT2D eigenvalue weighted by Gasteiger charge is 2.37. The van der Waals surface area contributed by atoms with Gasteiger partial charge in [0, 0.05) is 15.6 Å². The summed E-state index contributed by atoms with van der Waals surface area (Å²) < 4.78 is 17.5. The van der Waals surface area contributed by atoms with Crippen molar-refractivity contribution < 1.29 is 28.6 Å². The standard InChI is InChI=1S/C33H23Cl5N2O6/c1-2-44-29-14-19(13-28(38)30(29)46-16-18-3-10-25(35)27(37)12-18)11-24-31(41)39-33(43)40(32(24)42)22-6-8-23(9-7-22)45-17-20-4-5-21(34)15-26(20)36/h3-15H,2,16-17H2,1H3,(H,39,41,43)/b24-11+. The van der Waals surface area contributed by atoms with E-state index < -0.39 is 17.8 Å². The summed E-state index contributed by atoms with van der Waals surface area (Å²) in [5.74, 6) is -0.682. The van der Waals surface area contributed by atoms with E-state index in [1.54, 1.807) is 61.5 Å². The predicted molar refractivity (Wildman–Crippen MR) is 180 cm³/mol. The number of urea groups is 1. The van der Waals surface area contributed by atoms with E-state index in [-0.39, 0.29) is 47.6 Å². The number of barbiturate groups is 1. The van der Waals surface area contributed by atoms with Crippen molar-refractivity contribution in [2.45, 2.75) is 20.1 Å². The highest BCUT2D eigenvalue weighted by atomic mass is 35.5. The van der Waals surface area contributed by atoms with E-state index in [4.69, 9.17) is 72.2 Å². The molecule has 4 aromatic carbocycles. The molecule has 4 aromatic rings. The molecule has 1 saturated heterocycles. The number of carbonyl (C=O) groups is 3. The van der Waals surface area contributed by atoms with Gasteiger partial charge < -0.3 is 14.2 Å². The van der Waals surface area contributed by atoms with Crippen molar-refractivity contribution in [1.82, 2.24) is 5.32 Å². The molecule has 1 fully saturated rings. The fourth-order valence-electron chi connectivity index (χ4n) is 4.41. The Hall–Kier alpha value is -3.92. The molecule has 0 aromatic heterocycles. The lowest BCUT2D eigenvalue weighted by Gasteiger charge is -2.26. The van der Waals surface area contributed by atoms with Gasteiger partial charge in [0.25, 0.3) is 11.8 Å². The fraction of sp³-hybridized carbons (Fsp3) is 0.121.